The van der Waals surface area contributed by atoms with Gasteiger partial charge in [-0.2, -0.15) is 0 Å². The van der Waals surface area contributed by atoms with Gasteiger partial charge in [-0.25, -0.2) is 0 Å². The lowest BCUT2D eigenvalue weighted by atomic mass is 9.89. The van der Waals surface area contributed by atoms with Gasteiger partial charge < -0.3 is 5.73 Å². The van der Waals surface area contributed by atoms with E-state index in [9.17, 15) is 0 Å². The van der Waals surface area contributed by atoms with E-state index in [1.54, 1.807) is 0 Å². The summed E-state index contributed by atoms with van der Waals surface area (Å²) < 4.78 is 0. The first-order chi connectivity index (χ1) is 6.52. The van der Waals surface area contributed by atoms with Gasteiger partial charge in [-0.15, -0.1) is 0 Å². The van der Waals surface area contributed by atoms with Crippen LogP contribution >= 0.6 is 0 Å². The Morgan fingerprint density at radius 3 is 2.43 bits per heavy atom. The van der Waals surface area contributed by atoms with Crippen molar-refractivity contribution in [2.45, 2.75) is 32.6 Å². The molecule has 1 unspecified atom stereocenters. The Balaban J connectivity index is 2.36. The maximum Gasteiger partial charge on any atom is 0.0372 e. The molecule has 1 aromatic rings. The first kappa shape index (κ1) is 9.66. The van der Waals surface area contributed by atoms with Gasteiger partial charge in [-0.1, -0.05) is 19.9 Å². The van der Waals surface area contributed by atoms with Gasteiger partial charge in [-0.05, 0) is 30.4 Å². The molecular weight excluding hydrogens is 172 g/mol. The molecule has 0 aliphatic heterocycles. The summed E-state index contributed by atoms with van der Waals surface area (Å²) in [6.45, 7) is 7.29. The highest BCUT2D eigenvalue weighted by Crippen LogP contribution is 2.63. The summed E-state index contributed by atoms with van der Waals surface area (Å²) in [7, 11) is 0. The normalized spacial score (nSPS) is 28.9. The molecule has 0 amide bonds. The van der Waals surface area contributed by atoms with Crippen molar-refractivity contribution >= 4 is 0 Å². The van der Waals surface area contributed by atoms with Crippen molar-refractivity contribution in [1.82, 2.24) is 4.98 Å². The molecule has 14 heavy (non-hydrogen) atoms. The number of rotatable bonds is 2. The molecule has 2 rings (SSSR count). The van der Waals surface area contributed by atoms with Crippen molar-refractivity contribution < 1.29 is 0 Å². The van der Waals surface area contributed by atoms with E-state index < -0.39 is 0 Å². The summed E-state index contributed by atoms with van der Waals surface area (Å²) in [5.74, 6) is 0. The number of pyridine rings is 1. The maximum atomic E-state index is 5.89. The maximum absolute atomic E-state index is 5.89. The van der Waals surface area contributed by atoms with E-state index in [4.69, 9.17) is 5.73 Å². The number of aromatic nitrogens is 1. The van der Waals surface area contributed by atoms with Crippen LogP contribution in [0.2, 0.25) is 0 Å². The lowest BCUT2D eigenvalue weighted by molar-refractivity contribution is 0.501. The van der Waals surface area contributed by atoms with Gasteiger partial charge in [0.2, 0.25) is 0 Å². The first-order valence-electron chi connectivity index (χ1n) is 5.15. The molecule has 0 aromatic carbocycles. The van der Waals surface area contributed by atoms with Crippen LogP contribution in [0.25, 0.3) is 0 Å². The number of nitrogens with two attached hydrogens (primary N) is 1. The molecule has 0 bridgehead atoms. The monoisotopic (exact) mass is 190 g/mol. The molecule has 0 spiro atoms. The van der Waals surface area contributed by atoms with Crippen molar-refractivity contribution in [2.24, 2.45) is 11.1 Å². The molecule has 0 radical (unpaired) electrons. The number of aryl methyl sites for hydroxylation is 1. The average Bonchev–Trinajstić information content (AvgIpc) is 2.71. The van der Waals surface area contributed by atoms with E-state index in [0.717, 1.165) is 12.2 Å². The van der Waals surface area contributed by atoms with Crippen LogP contribution in [-0.4, -0.2) is 11.5 Å². The Kier molecular flexibility index (Phi) is 1.93. The van der Waals surface area contributed by atoms with Gasteiger partial charge in [0.25, 0.3) is 0 Å². The Hall–Kier alpha value is -0.890. The van der Waals surface area contributed by atoms with E-state index >= 15 is 0 Å². The Bertz CT molecular complexity index is 340. The molecule has 1 fully saturated rings. The molecule has 1 heterocycles. The fourth-order valence-corrected chi connectivity index (χ4v) is 2.42. The molecule has 1 atom stereocenters. The summed E-state index contributed by atoms with van der Waals surface area (Å²) in [5, 5.41) is 0. The number of hydrogen-bond acceptors (Lipinski definition) is 2. The smallest absolute Gasteiger partial charge is 0.0372 e. The highest BCUT2D eigenvalue weighted by atomic mass is 14.8. The second kappa shape index (κ2) is 2.80. The number of nitrogens with zero attached hydrogens (tertiary/aromatic N) is 1. The lowest BCUT2D eigenvalue weighted by Gasteiger charge is -2.18. The second-order valence-corrected chi connectivity index (χ2v) is 5.04. The lowest BCUT2D eigenvalue weighted by Crippen LogP contribution is -2.25. The molecule has 0 saturated heterocycles. The van der Waals surface area contributed by atoms with Crippen molar-refractivity contribution in [3.05, 3.63) is 29.6 Å². The Labute approximate surface area is 85.5 Å². The Morgan fingerprint density at radius 2 is 2.07 bits per heavy atom. The molecule has 1 aliphatic rings. The predicted molar refractivity (Wildman–Crippen MR) is 58.1 cm³/mol. The molecule has 2 nitrogen and oxygen atoms in total. The molecule has 1 aliphatic carbocycles. The van der Waals surface area contributed by atoms with Gasteiger partial charge in [0.1, 0.15) is 0 Å². The van der Waals surface area contributed by atoms with Crippen LogP contribution in [0.4, 0.5) is 0 Å². The molecule has 2 heteroatoms. The summed E-state index contributed by atoms with van der Waals surface area (Å²) in [6.07, 6.45) is 3.16. The van der Waals surface area contributed by atoms with Crippen LogP contribution in [0.3, 0.4) is 0 Å². The number of hydrogen-bond donors (Lipinski definition) is 1. The van der Waals surface area contributed by atoms with E-state index in [-0.39, 0.29) is 5.41 Å². The van der Waals surface area contributed by atoms with Crippen LogP contribution in [0, 0.1) is 12.3 Å². The van der Waals surface area contributed by atoms with Gasteiger partial charge in [0.15, 0.2) is 0 Å². The molecule has 1 saturated carbocycles. The predicted octanol–water partition coefficient (Wildman–Crippen LogP) is 2.02. The minimum atomic E-state index is 0.188. The van der Waals surface area contributed by atoms with Crippen LogP contribution in [0.1, 0.15) is 31.5 Å². The summed E-state index contributed by atoms with van der Waals surface area (Å²) >= 11 is 0. The largest absolute Gasteiger partial charge is 0.330 e. The Morgan fingerprint density at radius 1 is 1.43 bits per heavy atom. The highest BCUT2D eigenvalue weighted by molar-refractivity contribution is 5.36. The van der Waals surface area contributed by atoms with E-state index in [2.05, 4.69) is 31.0 Å². The zero-order valence-electron chi connectivity index (χ0n) is 9.17. The third-order valence-corrected chi connectivity index (χ3v) is 3.73. The van der Waals surface area contributed by atoms with Crippen LogP contribution in [0.15, 0.2) is 18.3 Å². The zero-order chi connectivity index (χ0) is 10.4. The summed E-state index contributed by atoms with van der Waals surface area (Å²) in [4.78, 5) is 4.34. The SMILES string of the molecule is Cc1ccc(C2(CN)CC2(C)C)cn1. The van der Waals surface area contributed by atoms with Crippen molar-refractivity contribution in [3.63, 3.8) is 0 Å². The van der Waals surface area contributed by atoms with Crippen LogP contribution < -0.4 is 5.73 Å². The minimum absolute atomic E-state index is 0.188. The quantitative estimate of drug-likeness (QED) is 0.775. The fraction of sp³-hybridized carbons (Fsp3) is 0.583. The van der Waals surface area contributed by atoms with Crippen LogP contribution in [-0.2, 0) is 5.41 Å². The standard InChI is InChI=1S/C12H18N2/c1-9-4-5-10(6-14-9)12(8-13)7-11(12,2)3/h4-6H,7-8,13H2,1-3H3. The van der Waals surface area contributed by atoms with Crippen molar-refractivity contribution in [2.75, 3.05) is 6.54 Å². The summed E-state index contributed by atoms with van der Waals surface area (Å²) in [5.41, 5.74) is 8.79. The van der Waals surface area contributed by atoms with Gasteiger partial charge in [0.05, 0.1) is 0 Å². The average molecular weight is 190 g/mol. The van der Waals surface area contributed by atoms with Crippen LogP contribution in [0.5, 0.6) is 0 Å². The highest BCUT2D eigenvalue weighted by Gasteiger charge is 2.61. The van der Waals surface area contributed by atoms with Crippen molar-refractivity contribution in [1.29, 1.82) is 0 Å². The third-order valence-electron chi connectivity index (χ3n) is 3.73. The molecular formula is C12H18N2. The topological polar surface area (TPSA) is 38.9 Å². The van der Waals surface area contributed by atoms with E-state index in [1.165, 1.54) is 12.0 Å². The van der Waals surface area contributed by atoms with Gasteiger partial charge in [0, 0.05) is 23.9 Å². The molecule has 2 N–H and O–H groups in total. The zero-order valence-corrected chi connectivity index (χ0v) is 9.17. The molecule has 76 valence electrons. The fourth-order valence-electron chi connectivity index (χ4n) is 2.42. The van der Waals surface area contributed by atoms with Crippen molar-refractivity contribution in [3.8, 4) is 0 Å². The summed E-state index contributed by atoms with van der Waals surface area (Å²) in [6, 6.07) is 4.24. The third kappa shape index (κ3) is 1.17. The van der Waals surface area contributed by atoms with Gasteiger partial charge >= 0.3 is 0 Å². The van der Waals surface area contributed by atoms with E-state index in [0.29, 0.717) is 5.41 Å². The minimum Gasteiger partial charge on any atom is -0.330 e. The van der Waals surface area contributed by atoms with E-state index in [1.807, 2.05) is 13.1 Å². The first-order valence-corrected chi connectivity index (χ1v) is 5.15. The van der Waals surface area contributed by atoms with Gasteiger partial charge in [-0.3, -0.25) is 4.98 Å². The second-order valence-electron chi connectivity index (χ2n) is 5.04. The molecule has 1 aromatic heterocycles.